The largest absolute Gasteiger partial charge is 0.457 e. The summed E-state index contributed by atoms with van der Waals surface area (Å²) in [5, 5.41) is 3.93. The highest BCUT2D eigenvalue weighted by molar-refractivity contribution is 5.88. The minimum absolute atomic E-state index is 0.217. The van der Waals surface area contributed by atoms with Gasteiger partial charge in [-0.15, -0.1) is 0 Å². The summed E-state index contributed by atoms with van der Waals surface area (Å²) in [5.74, 6) is 0.528. The quantitative estimate of drug-likeness (QED) is 0.517. The van der Waals surface area contributed by atoms with Crippen LogP contribution in [0.3, 0.4) is 0 Å². The van der Waals surface area contributed by atoms with Crippen LogP contribution in [0.15, 0.2) is 40.9 Å². The van der Waals surface area contributed by atoms with Gasteiger partial charge < -0.3 is 9.26 Å². The van der Waals surface area contributed by atoms with E-state index in [9.17, 15) is 4.79 Å². The van der Waals surface area contributed by atoms with E-state index in [2.05, 4.69) is 47.9 Å². The zero-order chi connectivity index (χ0) is 19.2. The summed E-state index contributed by atoms with van der Waals surface area (Å²) >= 11 is 0. The first-order chi connectivity index (χ1) is 12.3. The zero-order valence-corrected chi connectivity index (χ0v) is 16.2. The van der Waals surface area contributed by atoms with Crippen LogP contribution in [0.25, 0.3) is 0 Å². The molecule has 0 N–H and O–H groups in total. The number of rotatable bonds is 8. The maximum absolute atomic E-state index is 12.0. The second-order valence-electron chi connectivity index (χ2n) is 7.48. The van der Waals surface area contributed by atoms with Crippen molar-refractivity contribution in [3.8, 4) is 0 Å². The fourth-order valence-electron chi connectivity index (χ4n) is 2.43. The van der Waals surface area contributed by atoms with Gasteiger partial charge in [0.15, 0.2) is 5.82 Å². The fourth-order valence-corrected chi connectivity index (χ4v) is 2.43. The van der Waals surface area contributed by atoms with Crippen LogP contribution in [0, 0.1) is 0 Å². The first-order valence-corrected chi connectivity index (χ1v) is 9.07. The molecule has 0 unspecified atom stereocenters. The highest BCUT2D eigenvalue weighted by Crippen LogP contribution is 2.14. The molecule has 1 heterocycles. The van der Waals surface area contributed by atoms with Gasteiger partial charge in [-0.05, 0) is 44.7 Å². The minimum Gasteiger partial charge on any atom is -0.457 e. The molecule has 0 saturated heterocycles. The number of carbonyl (C=O) groups is 1. The molecule has 26 heavy (non-hydrogen) atoms. The maximum atomic E-state index is 12.0. The minimum atomic E-state index is -0.550. The van der Waals surface area contributed by atoms with Crippen LogP contribution in [-0.2, 0) is 28.8 Å². The van der Waals surface area contributed by atoms with Crippen molar-refractivity contribution in [2.24, 2.45) is 0 Å². The van der Waals surface area contributed by atoms with Crippen molar-refractivity contribution in [2.75, 3.05) is 0 Å². The number of hydrogen-bond donors (Lipinski definition) is 0. The van der Waals surface area contributed by atoms with Gasteiger partial charge in [0, 0.05) is 12.0 Å². The van der Waals surface area contributed by atoms with Gasteiger partial charge in [-0.1, -0.05) is 49.3 Å². The van der Waals surface area contributed by atoms with Crippen molar-refractivity contribution in [3.05, 3.63) is 59.3 Å². The lowest BCUT2D eigenvalue weighted by molar-refractivity contribution is -0.149. The van der Waals surface area contributed by atoms with E-state index in [0.717, 1.165) is 12.0 Å². The van der Waals surface area contributed by atoms with Crippen LogP contribution in [0.5, 0.6) is 0 Å². The van der Waals surface area contributed by atoms with Gasteiger partial charge in [-0.2, -0.15) is 4.98 Å². The molecule has 0 aliphatic rings. The second-order valence-corrected chi connectivity index (χ2v) is 7.48. The molecule has 5 heteroatoms. The van der Waals surface area contributed by atoms with Gasteiger partial charge in [0.1, 0.15) is 5.60 Å². The third-order valence-corrected chi connectivity index (χ3v) is 3.77. The molecule has 0 spiro atoms. The molecule has 0 aliphatic carbocycles. The van der Waals surface area contributed by atoms with Gasteiger partial charge in [0.25, 0.3) is 0 Å². The standard InChI is InChI=1S/C21H28N2O3/c1-6-7-8-16-9-11-17(12-10-16)14-19-22-18(23-26-19)13-15(2)20(24)25-21(3,4)5/h9-12H,2,6-8,13-14H2,1,3-5H3. The first-order valence-electron chi connectivity index (χ1n) is 9.07. The lowest BCUT2D eigenvalue weighted by Crippen LogP contribution is -2.25. The number of benzene rings is 1. The van der Waals surface area contributed by atoms with E-state index < -0.39 is 11.6 Å². The number of ether oxygens (including phenoxy) is 1. The number of carbonyl (C=O) groups excluding carboxylic acids is 1. The molecule has 0 radical (unpaired) electrons. The Hall–Kier alpha value is -2.43. The molecule has 140 valence electrons. The Kier molecular flexibility index (Phi) is 6.72. The number of nitrogens with zero attached hydrogens (tertiary/aromatic N) is 2. The molecular formula is C21H28N2O3. The highest BCUT2D eigenvalue weighted by atomic mass is 16.6. The monoisotopic (exact) mass is 356 g/mol. The summed E-state index contributed by atoms with van der Waals surface area (Å²) in [6.45, 7) is 11.4. The molecule has 2 aromatic rings. The molecule has 0 amide bonds. The van der Waals surface area contributed by atoms with E-state index in [0.29, 0.717) is 23.7 Å². The van der Waals surface area contributed by atoms with E-state index in [1.54, 1.807) is 0 Å². The fraction of sp³-hybridized carbons (Fsp3) is 0.476. The van der Waals surface area contributed by atoms with Crippen molar-refractivity contribution in [1.82, 2.24) is 10.1 Å². The van der Waals surface area contributed by atoms with Crippen molar-refractivity contribution in [2.45, 2.75) is 65.4 Å². The number of unbranched alkanes of at least 4 members (excludes halogenated alkanes) is 1. The Morgan fingerprint density at radius 3 is 2.46 bits per heavy atom. The normalized spacial score (nSPS) is 11.4. The van der Waals surface area contributed by atoms with Crippen LogP contribution in [0.1, 0.15) is 63.4 Å². The molecule has 0 bridgehead atoms. The summed E-state index contributed by atoms with van der Waals surface area (Å²) in [7, 11) is 0. The van der Waals surface area contributed by atoms with Crippen LogP contribution >= 0.6 is 0 Å². The van der Waals surface area contributed by atoms with Gasteiger partial charge in [-0.3, -0.25) is 0 Å². The predicted octanol–water partition coefficient (Wildman–Crippen LogP) is 4.44. The molecule has 0 atom stereocenters. The Labute approximate surface area is 155 Å². The number of aryl methyl sites for hydroxylation is 1. The van der Waals surface area contributed by atoms with E-state index in [4.69, 9.17) is 9.26 Å². The van der Waals surface area contributed by atoms with Crippen LogP contribution in [-0.4, -0.2) is 21.7 Å². The Balaban J connectivity index is 1.91. The topological polar surface area (TPSA) is 65.2 Å². The molecule has 1 aromatic carbocycles. The van der Waals surface area contributed by atoms with Crippen molar-refractivity contribution in [3.63, 3.8) is 0 Å². The molecule has 0 aliphatic heterocycles. The summed E-state index contributed by atoms with van der Waals surface area (Å²) < 4.78 is 10.6. The molecule has 5 nitrogen and oxygen atoms in total. The Morgan fingerprint density at radius 2 is 1.85 bits per heavy atom. The van der Waals surface area contributed by atoms with Crippen molar-refractivity contribution < 1.29 is 14.1 Å². The molecule has 2 rings (SSSR count). The molecule has 1 aromatic heterocycles. The molecule has 0 saturated carbocycles. The Bertz CT molecular complexity index is 739. The van der Waals surface area contributed by atoms with Gasteiger partial charge in [0.05, 0.1) is 6.42 Å². The first kappa shape index (κ1) is 19.9. The van der Waals surface area contributed by atoms with E-state index >= 15 is 0 Å². The third-order valence-electron chi connectivity index (χ3n) is 3.77. The number of esters is 1. The smallest absolute Gasteiger partial charge is 0.334 e. The van der Waals surface area contributed by atoms with E-state index in [1.807, 2.05) is 20.8 Å². The average Bonchev–Trinajstić information content (AvgIpc) is 2.99. The highest BCUT2D eigenvalue weighted by Gasteiger charge is 2.20. The summed E-state index contributed by atoms with van der Waals surface area (Å²) in [5.41, 5.74) is 2.22. The van der Waals surface area contributed by atoms with Crippen molar-refractivity contribution in [1.29, 1.82) is 0 Å². The van der Waals surface area contributed by atoms with Gasteiger partial charge in [0.2, 0.25) is 5.89 Å². The Morgan fingerprint density at radius 1 is 1.19 bits per heavy atom. The number of hydrogen-bond acceptors (Lipinski definition) is 5. The van der Waals surface area contributed by atoms with E-state index in [-0.39, 0.29) is 6.42 Å². The third kappa shape index (κ3) is 6.47. The van der Waals surface area contributed by atoms with Crippen molar-refractivity contribution >= 4 is 5.97 Å². The molecular weight excluding hydrogens is 328 g/mol. The zero-order valence-electron chi connectivity index (χ0n) is 16.2. The maximum Gasteiger partial charge on any atom is 0.334 e. The van der Waals surface area contributed by atoms with E-state index in [1.165, 1.54) is 18.4 Å². The van der Waals surface area contributed by atoms with Crippen LogP contribution in [0.2, 0.25) is 0 Å². The predicted molar refractivity (Wildman–Crippen MR) is 101 cm³/mol. The lowest BCUT2D eigenvalue weighted by Gasteiger charge is -2.19. The van der Waals surface area contributed by atoms with Crippen LogP contribution in [0.4, 0.5) is 0 Å². The van der Waals surface area contributed by atoms with Gasteiger partial charge >= 0.3 is 5.97 Å². The lowest BCUT2D eigenvalue weighted by atomic mass is 10.1. The average molecular weight is 356 g/mol. The number of aromatic nitrogens is 2. The van der Waals surface area contributed by atoms with Crippen LogP contribution < -0.4 is 0 Å². The summed E-state index contributed by atoms with van der Waals surface area (Å²) in [4.78, 5) is 16.3. The summed E-state index contributed by atoms with van der Waals surface area (Å²) in [6, 6.07) is 8.47. The second kappa shape index (κ2) is 8.79. The van der Waals surface area contributed by atoms with Gasteiger partial charge in [-0.25, -0.2) is 4.79 Å². The SMILES string of the molecule is C=C(Cc1noc(Cc2ccc(CCCC)cc2)n1)C(=O)OC(C)(C)C. The summed E-state index contributed by atoms with van der Waals surface area (Å²) in [6.07, 6.45) is 4.29. The molecule has 0 fully saturated rings.